The predicted molar refractivity (Wildman–Crippen MR) is 116 cm³/mol. The van der Waals surface area contributed by atoms with Gasteiger partial charge in [-0.2, -0.15) is 0 Å². The Bertz CT molecular complexity index is 732. The molecule has 8 heteroatoms. The number of carbonyl (C=O) groups excluding carboxylic acids is 1. The largest absolute Gasteiger partial charge is 0.352 e. The second-order valence-electron chi connectivity index (χ2n) is 8.02. The Morgan fingerprint density at radius 1 is 1.14 bits per heavy atom. The van der Waals surface area contributed by atoms with Crippen LogP contribution < -0.4 is 15.8 Å². The molecular formula is C20H34ClN3O3S. The van der Waals surface area contributed by atoms with E-state index >= 15 is 0 Å². The third kappa shape index (κ3) is 7.70. The van der Waals surface area contributed by atoms with Crippen molar-refractivity contribution in [1.29, 1.82) is 0 Å². The van der Waals surface area contributed by atoms with E-state index < -0.39 is 10.0 Å². The number of rotatable bonds is 9. The molecule has 0 bridgehead atoms. The van der Waals surface area contributed by atoms with E-state index in [9.17, 15) is 13.2 Å². The Hall–Kier alpha value is -1.15. The van der Waals surface area contributed by atoms with Gasteiger partial charge in [-0.05, 0) is 49.8 Å². The zero-order chi connectivity index (χ0) is 19.9. The SMILES string of the molecule is CC(C)NS(=O)(=O)Cc1ccccc1CNC(=O)CC1(CN)CCCCC1.Cl. The molecule has 2 rings (SSSR count). The van der Waals surface area contributed by atoms with Gasteiger partial charge in [0, 0.05) is 19.0 Å². The van der Waals surface area contributed by atoms with Crippen LogP contribution >= 0.6 is 12.4 Å². The number of carbonyl (C=O) groups is 1. The lowest BCUT2D eigenvalue weighted by atomic mass is 9.71. The fourth-order valence-corrected chi connectivity index (χ4v) is 5.32. The van der Waals surface area contributed by atoms with Crippen LogP contribution in [0.5, 0.6) is 0 Å². The van der Waals surface area contributed by atoms with Gasteiger partial charge in [0.1, 0.15) is 0 Å². The van der Waals surface area contributed by atoms with Gasteiger partial charge in [0.25, 0.3) is 0 Å². The van der Waals surface area contributed by atoms with Crippen molar-refractivity contribution in [1.82, 2.24) is 10.0 Å². The van der Waals surface area contributed by atoms with E-state index in [-0.39, 0.29) is 35.5 Å². The van der Waals surface area contributed by atoms with Crippen molar-refractivity contribution in [2.75, 3.05) is 6.54 Å². The molecule has 0 aliphatic heterocycles. The normalized spacial score (nSPS) is 16.4. The lowest BCUT2D eigenvalue weighted by Crippen LogP contribution is -2.38. The Morgan fingerprint density at radius 3 is 2.32 bits per heavy atom. The van der Waals surface area contributed by atoms with Gasteiger partial charge in [0.2, 0.25) is 15.9 Å². The fourth-order valence-electron chi connectivity index (χ4n) is 3.83. The van der Waals surface area contributed by atoms with Gasteiger partial charge in [-0.15, -0.1) is 12.4 Å². The van der Waals surface area contributed by atoms with Crippen LogP contribution in [0.1, 0.15) is 63.5 Å². The molecule has 1 saturated carbocycles. The first-order chi connectivity index (χ1) is 12.8. The second kappa shape index (κ2) is 11.1. The summed E-state index contributed by atoms with van der Waals surface area (Å²) < 4.78 is 27.1. The lowest BCUT2D eigenvalue weighted by Gasteiger charge is -2.35. The van der Waals surface area contributed by atoms with Gasteiger partial charge in [-0.3, -0.25) is 4.79 Å². The molecule has 6 nitrogen and oxygen atoms in total. The molecule has 4 N–H and O–H groups in total. The number of halogens is 1. The molecule has 0 radical (unpaired) electrons. The molecule has 0 spiro atoms. The van der Waals surface area contributed by atoms with Gasteiger partial charge in [0.05, 0.1) is 5.75 Å². The van der Waals surface area contributed by atoms with Crippen molar-refractivity contribution in [3.05, 3.63) is 35.4 Å². The van der Waals surface area contributed by atoms with Crippen LogP contribution in [0.25, 0.3) is 0 Å². The predicted octanol–water partition coefficient (Wildman–Crippen LogP) is 2.85. The maximum atomic E-state index is 12.5. The molecule has 1 aromatic rings. The summed E-state index contributed by atoms with van der Waals surface area (Å²) in [7, 11) is -3.41. The second-order valence-corrected chi connectivity index (χ2v) is 9.77. The van der Waals surface area contributed by atoms with Crippen LogP contribution in [0.3, 0.4) is 0 Å². The lowest BCUT2D eigenvalue weighted by molar-refractivity contribution is -0.124. The highest BCUT2D eigenvalue weighted by Crippen LogP contribution is 2.38. The molecule has 1 aliphatic carbocycles. The topological polar surface area (TPSA) is 101 Å². The van der Waals surface area contributed by atoms with Crippen molar-refractivity contribution in [2.24, 2.45) is 11.1 Å². The summed E-state index contributed by atoms with van der Waals surface area (Å²) in [5.74, 6) is -0.107. The number of benzene rings is 1. The Balaban J connectivity index is 0.00000392. The maximum absolute atomic E-state index is 12.5. The average Bonchev–Trinajstić information content (AvgIpc) is 2.60. The Kier molecular flexibility index (Phi) is 9.90. The number of nitrogens with one attached hydrogen (secondary N) is 2. The summed E-state index contributed by atoms with van der Waals surface area (Å²) in [6.07, 6.45) is 5.94. The van der Waals surface area contributed by atoms with Crippen LogP contribution in [0.4, 0.5) is 0 Å². The summed E-state index contributed by atoms with van der Waals surface area (Å²) in [5, 5.41) is 2.96. The number of nitrogens with two attached hydrogens (primary N) is 1. The third-order valence-electron chi connectivity index (χ3n) is 5.24. The van der Waals surface area contributed by atoms with E-state index in [0.717, 1.165) is 31.2 Å². The van der Waals surface area contributed by atoms with E-state index in [1.807, 2.05) is 18.2 Å². The van der Waals surface area contributed by atoms with Crippen molar-refractivity contribution in [3.63, 3.8) is 0 Å². The summed E-state index contributed by atoms with van der Waals surface area (Å²) in [6.45, 7) is 4.45. The van der Waals surface area contributed by atoms with E-state index in [4.69, 9.17) is 5.73 Å². The Morgan fingerprint density at radius 2 is 1.75 bits per heavy atom. The highest BCUT2D eigenvalue weighted by molar-refractivity contribution is 7.88. The number of hydrogen-bond donors (Lipinski definition) is 3. The fraction of sp³-hybridized carbons (Fsp3) is 0.650. The van der Waals surface area contributed by atoms with Crippen molar-refractivity contribution >= 4 is 28.3 Å². The molecule has 28 heavy (non-hydrogen) atoms. The summed E-state index contributed by atoms with van der Waals surface area (Å²) >= 11 is 0. The van der Waals surface area contributed by atoms with E-state index in [1.165, 1.54) is 6.42 Å². The zero-order valence-corrected chi connectivity index (χ0v) is 18.5. The molecule has 0 saturated heterocycles. The molecular weight excluding hydrogens is 398 g/mol. The number of amides is 1. The molecule has 0 atom stereocenters. The molecule has 160 valence electrons. The average molecular weight is 432 g/mol. The van der Waals surface area contributed by atoms with Gasteiger partial charge >= 0.3 is 0 Å². The molecule has 1 fully saturated rings. The first kappa shape index (κ1) is 24.9. The summed E-state index contributed by atoms with van der Waals surface area (Å²) in [4.78, 5) is 12.5. The minimum atomic E-state index is -3.41. The van der Waals surface area contributed by atoms with Crippen LogP contribution in [-0.4, -0.2) is 26.9 Å². The van der Waals surface area contributed by atoms with E-state index in [2.05, 4.69) is 10.0 Å². The van der Waals surface area contributed by atoms with Gasteiger partial charge in [0.15, 0.2) is 0 Å². The first-order valence-corrected chi connectivity index (χ1v) is 11.4. The molecule has 0 aromatic heterocycles. The molecule has 1 amide bonds. The van der Waals surface area contributed by atoms with Crippen molar-refractivity contribution in [2.45, 2.75) is 70.7 Å². The van der Waals surface area contributed by atoms with Crippen LogP contribution in [-0.2, 0) is 27.1 Å². The van der Waals surface area contributed by atoms with Gasteiger partial charge in [-0.25, -0.2) is 13.1 Å². The molecule has 1 aliphatic rings. The summed E-state index contributed by atoms with van der Waals surface area (Å²) in [5.41, 5.74) is 7.43. The third-order valence-corrected chi connectivity index (χ3v) is 6.76. The number of sulfonamides is 1. The van der Waals surface area contributed by atoms with Crippen molar-refractivity contribution in [3.8, 4) is 0 Å². The zero-order valence-electron chi connectivity index (χ0n) is 16.9. The highest BCUT2D eigenvalue weighted by Gasteiger charge is 2.32. The quantitative estimate of drug-likeness (QED) is 0.559. The highest BCUT2D eigenvalue weighted by atomic mass is 35.5. The molecule has 0 unspecified atom stereocenters. The minimum absolute atomic E-state index is 0. The minimum Gasteiger partial charge on any atom is -0.352 e. The van der Waals surface area contributed by atoms with E-state index in [1.54, 1.807) is 19.9 Å². The standard InChI is InChI=1S/C20H33N3O3S.ClH/c1-16(2)23-27(25,26)14-18-9-5-4-8-17(18)13-22-19(24)12-20(15-21)10-6-3-7-11-20;/h4-5,8-9,16,23H,3,6-7,10-15,21H2,1-2H3,(H,22,24);1H. The van der Waals surface area contributed by atoms with Crippen LogP contribution in [0.2, 0.25) is 0 Å². The van der Waals surface area contributed by atoms with E-state index in [0.29, 0.717) is 25.1 Å². The molecule has 1 aromatic carbocycles. The smallest absolute Gasteiger partial charge is 0.220 e. The summed E-state index contributed by atoms with van der Waals surface area (Å²) in [6, 6.07) is 7.18. The van der Waals surface area contributed by atoms with Crippen molar-refractivity contribution < 1.29 is 13.2 Å². The molecule has 0 heterocycles. The first-order valence-electron chi connectivity index (χ1n) is 9.79. The van der Waals surface area contributed by atoms with Crippen LogP contribution in [0, 0.1) is 5.41 Å². The van der Waals surface area contributed by atoms with Gasteiger partial charge < -0.3 is 11.1 Å². The monoisotopic (exact) mass is 431 g/mol. The maximum Gasteiger partial charge on any atom is 0.220 e. The van der Waals surface area contributed by atoms with Gasteiger partial charge in [-0.1, -0.05) is 43.5 Å². The Labute approximate surface area is 175 Å². The number of hydrogen-bond acceptors (Lipinski definition) is 4. The van der Waals surface area contributed by atoms with Crippen LogP contribution in [0.15, 0.2) is 24.3 Å².